The molecule has 7 heteroatoms. The molecule has 120 valence electrons. The third kappa shape index (κ3) is 2.19. The highest BCUT2D eigenvalue weighted by molar-refractivity contribution is 6.30. The quantitative estimate of drug-likeness (QED) is 0.488. The zero-order valence-electron chi connectivity index (χ0n) is 12.9. The molecule has 0 bridgehead atoms. The minimum Gasteiger partial charge on any atom is -0.301 e. The van der Waals surface area contributed by atoms with Crippen molar-refractivity contribution >= 4 is 28.3 Å². The molecule has 2 aromatic carbocycles. The van der Waals surface area contributed by atoms with Crippen LogP contribution >= 0.6 is 11.6 Å². The van der Waals surface area contributed by atoms with E-state index in [-0.39, 0.29) is 0 Å². The van der Waals surface area contributed by atoms with Crippen LogP contribution < -0.4 is 0 Å². The minimum absolute atomic E-state index is 0.677. The third-order valence-electron chi connectivity index (χ3n) is 4.17. The SMILES string of the molecule is Clc1ccc(-n2cc(-c3ccccc3)c3c2ncn2nnnc32)cc1. The number of nitrogens with zero attached hydrogens (tertiary/aromatic N) is 6. The van der Waals surface area contributed by atoms with E-state index >= 15 is 0 Å². The smallest absolute Gasteiger partial charge is 0.192 e. The molecule has 6 nitrogen and oxygen atoms in total. The van der Waals surface area contributed by atoms with Crippen molar-refractivity contribution in [2.75, 3.05) is 0 Å². The van der Waals surface area contributed by atoms with Crippen LogP contribution in [-0.4, -0.2) is 29.6 Å². The van der Waals surface area contributed by atoms with Crippen LogP contribution in [0.5, 0.6) is 0 Å². The number of tetrazole rings is 1. The van der Waals surface area contributed by atoms with Gasteiger partial charge in [0.05, 0.1) is 5.39 Å². The summed E-state index contributed by atoms with van der Waals surface area (Å²) in [5.74, 6) is 0. The van der Waals surface area contributed by atoms with Crippen molar-refractivity contribution in [3.63, 3.8) is 0 Å². The molecule has 0 atom stereocenters. The van der Waals surface area contributed by atoms with Crippen molar-refractivity contribution in [1.82, 2.24) is 29.6 Å². The first kappa shape index (κ1) is 14.1. The van der Waals surface area contributed by atoms with Crippen molar-refractivity contribution in [2.45, 2.75) is 0 Å². The largest absolute Gasteiger partial charge is 0.301 e. The van der Waals surface area contributed by atoms with Crippen molar-refractivity contribution in [3.05, 3.63) is 72.1 Å². The predicted octanol–water partition coefficient (Wildman–Crippen LogP) is 3.78. The second-order valence-electron chi connectivity index (χ2n) is 5.65. The van der Waals surface area contributed by atoms with Crippen LogP contribution in [0.4, 0.5) is 0 Å². The van der Waals surface area contributed by atoms with Gasteiger partial charge in [0, 0.05) is 22.5 Å². The van der Waals surface area contributed by atoms with Crippen LogP contribution in [-0.2, 0) is 0 Å². The van der Waals surface area contributed by atoms with Crippen molar-refractivity contribution in [2.24, 2.45) is 0 Å². The molecule has 0 aliphatic heterocycles. The fourth-order valence-electron chi connectivity index (χ4n) is 3.02. The first-order valence-corrected chi connectivity index (χ1v) is 8.08. The van der Waals surface area contributed by atoms with E-state index in [0.717, 1.165) is 27.8 Å². The van der Waals surface area contributed by atoms with E-state index in [0.29, 0.717) is 10.7 Å². The molecule has 0 fully saturated rings. The lowest BCUT2D eigenvalue weighted by molar-refractivity contribution is 0.811. The second-order valence-corrected chi connectivity index (χ2v) is 6.08. The van der Waals surface area contributed by atoms with Crippen LogP contribution in [0.2, 0.25) is 5.02 Å². The van der Waals surface area contributed by atoms with Gasteiger partial charge in [-0.2, -0.15) is 4.52 Å². The molecule has 0 aliphatic rings. The molecule has 0 saturated carbocycles. The molecule has 5 aromatic rings. The van der Waals surface area contributed by atoms with Gasteiger partial charge in [-0.25, -0.2) is 4.98 Å². The van der Waals surface area contributed by atoms with Gasteiger partial charge < -0.3 is 4.57 Å². The van der Waals surface area contributed by atoms with Crippen LogP contribution in [0.15, 0.2) is 67.1 Å². The van der Waals surface area contributed by atoms with E-state index in [9.17, 15) is 0 Å². The summed E-state index contributed by atoms with van der Waals surface area (Å²) in [7, 11) is 0. The fraction of sp³-hybridized carbons (Fsp3) is 0. The van der Waals surface area contributed by atoms with E-state index in [4.69, 9.17) is 11.6 Å². The van der Waals surface area contributed by atoms with Crippen LogP contribution in [0, 0.1) is 0 Å². The molecular weight excluding hydrogens is 336 g/mol. The van der Waals surface area contributed by atoms with E-state index in [1.807, 2.05) is 47.0 Å². The number of fused-ring (bicyclic) bond motifs is 3. The summed E-state index contributed by atoms with van der Waals surface area (Å²) in [5, 5.41) is 13.5. The van der Waals surface area contributed by atoms with Gasteiger partial charge in [0.2, 0.25) is 0 Å². The average Bonchev–Trinajstić information content (AvgIpc) is 3.27. The van der Waals surface area contributed by atoms with Crippen molar-refractivity contribution in [3.8, 4) is 16.8 Å². The van der Waals surface area contributed by atoms with Gasteiger partial charge >= 0.3 is 0 Å². The highest BCUT2D eigenvalue weighted by Gasteiger charge is 2.17. The molecule has 3 aromatic heterocycles. The Balaban J connectivity index is 1.89. The number of aromatic nitrogens is 6. The lowest BCUT2D eigenvalue weighted by Crippen LogP contribution is -1.96. The molecule has 25 heavy (non-hydrogen) atoms. The molecule has 0 radical (unpaired) electrons. The van der Waals surface area contributed by atoms with Gasteiger partial charge in [0.1, 0.15) is 6.33 Å². The third-order valence-corrected chi connectivity index (χ3v) is 4.43. The van der Waals surface area contributed by atoms with Crippen molar-refractivity contribution in [1.29, 1.82) is 0 Å². The monoisotopic (exact) mass is 346 g/mol. The van der Waals surface area contributed by atoms with E-state index < -0.39 is 0 Å². The molecule has 0 N–H and O–H groups in total. The Kier molecular flexibility index (Phi) is 3.05. The molecular formula is C18H11ClN6. The molecule has 5 rings (SSSR count). The zero-order valence-corrected chi connectivity index (χ0v) is 13.7. The van der Waals surface area contributed by atoms with Gasteiger partial charge in [-0.05, 0) is 40.3 Å². The number of hydrogen-bond acceptors (Lipinski definition) is 4. The predicted molar refractivity (Wildman–Crippen MR) is 95.9 cm³/mol. The zero-order chi connectivity index (χ0) is 16.8. The Hall–Kier alpha value is -3.25. The van der Waals surface area contributed by atoms with Gasteiger partial charge in [0.15, 0.2) is 11.3 Å². The van der Waals surface area contributed by atoms with Gasteiger partial charge in [0.25, 0.3) is 0 Å². The summed E-state index contributed by atoms with van der Waals surface area (Å²) in [6.07, 6.45) is 3.68. The van der Waals surface area contributed by atoms with Crippen LogP contribution in [0.1, 0.15) is 0 Å². The van der Waals surface area contributed by atoms with Gasteiger partial charge in [-0.1, -0.05) is 41.9 Å². The molecule has 0 amide bonds. The Bertz CT molecular complexity index is 1190. The number of rotatable bonds is 2. The number of benzene rings is 2. The summed E-state index contributed by atoms with van der Waals surface area (Å²) in [6.45, 7) is 0. The second kappa shape index (κ2) is 5.39. The Labute approximate surface area is 147 Å². The van der Waals surface area contributed by atoms with Gasteiger partial charge in [-0.3, -0.25) is 0 Å². The molecule has 0 spiro atoms. The molecule has 0 unspecified atom stereocenters. The van der Waals surface area contributed by atoms with Gasteiger partial charge in [-0.15, -0.1) is 5.10 Å². The first-order valence-electron chi connectivity index (χ1n) is 7.70. The lowest BCUT2D eigenvalue weighted by atomic mass is 10.1. The van der Waals surface area contributed by atoms with E-state index in [2.05, 4.69) is 38.8 Å². The average molecular weight is 347 g/mol. The number of hydrogen-bond donors (Lipinski definition) is 0. The summed E-state index contributed by atoms with van der Waals surface area (Å²) >= 11 is 6.03. The molecule has 3 heterocycles. The Morgan fingerprint density at radius 2 is 1.68 bits per heavy atom. The summed E-state index contributed by atoms with van der Waals surface area (Å²) in [4.78, 5) is 4.58. The van der Waals surface area contributed by atoms with Crippen LogP contribution in [0.3, 0.4) is 0 Å². The maximum atomic E-state index is 6.03. The number of halogens is 1. The normalized spacial score (nSPS) is 11.4. The maximum Gasteiger partial charge on any atom is 0.192 e. The fourth-order valence-corrected chi connectivity index (χ4v) is 3.15. The molecule has 0 saturated heterocycles. The molecule has 0 aliphatic carbocycles. The Morgan fingerprint density at radius 3 is 2.48 bits per heavy atom. The summed E-state index contributed by atoms with van der Waals surface area (Å²) < 4.78 is 3.61. The first-order chi connectivity index (χ1) is 12.3. The van der Waals surface area contributed by atoms with E-state index in [1.54, 1.807) is 10.8 Å². The van der Waals surface area contributed by atoms with Crippen LogP contribution in [0.25, 0.3) is 33.5 Å². The standard InChI is InChI=1S/C18H11ClN6/c19-13-6-8-14(9-7-13)24-10-15(12-4-2-1-3-5-12)16-17(24)20-11-25-18(16)21-22-23-25/h1-11H. The lowest BCUT2D eigenvalue weighted by Gasteiger charge is -2.04. The van der Waals surface area contributed by atoms with E-state index in [1.165, 1.54) is 0 Å². The Morgan fingerprint density at radius 1 is 0.880 bits per heavy atom. The van der Waals surface area contributed by atoms with Crippen molar-refractivity contribution < 1.29 is 0 Å². The topological polar surface area (TPSA) is 60.9 Å². The highest BCUT2D eigenvalue weighted by Crippen LogP contribution is 2.33. The summed E-state index contributed by atoms with van der Waals surface area (Å²) in [5.41, 5.74) is 4.55. The maximum absolute atomic E-state index is 6.03. The highest BCUT2D eigenvalue weighted by atomic mass is 35.5. The minimum atomic E-state index is 0.677. The summed E-state index contributed by atoms with van der Waals surface area (Å²) in [6, 6.07) is 17.8.